The molecular formula is C26H24FNO. The average molecular weight is 385 g/mol. The zero-order chi connectivity index (χ0) is 20.2. The number of nitrogens with one attached hydrogen (secondary N) is 1. The minimum Gasteiger partial charge on any atom is -0.489 e. The molecule has 0 aliphatic rings. The molecule has 0 aliphatic heterocycles. The van der Waals surface area contributed by atoms with E-state index >= 15 is 0 Å². The van der Waals surface area contributed by atoms with Gasteiger partial charge in [0.25, 0.3) is 0 Å². The third kappa shape index (κ3) is 4.40. The monoisotopic (exact) mass is 385 g/mol. The lowest BCUT2D eigenvalue weighted by Crippen LogP contribution is -2.05. The predicted octanol–water partition coefficient (Wildman–Crippen LogP) is 6.79. The number of aryl methyl sites for hydroxylation is 2. The number of rotatable bonds is 6. The predicted molar refractivity (Wildman–Crippen MR) is 118 cm³/mol. The third-order valence-electron chi connectivity index (χ3n) is 5.26. The molecule has 0 aromatic heterocycles. The molecule has 0 heterocycles. The normalized spacial score (nSPS) is 10.9. The van der Waals surface area contributed by atoms with Crippen molar-refractivity contribution >= 4 is 16.5 Å². The Balaban J connectivity index is 1.62. The van der Waals surface area contributed by atoms with Gasteiger partial charge in [-0.1, -0.05) is 48.5 Å². The molecule has 0 spiro atoms. The smallest absolute Gasteiger partial charge is 0.125 e. The molecule has 0 atom stereocenters. The van der Waals surface area contributed by atoms with Gasteiger partial charge in [-0.25, -0.2) is 4.39 Å². The van der Waals surface area contributed by atoms with E-state index in [9.17, 15) is 4.39 Å². The SMILES string of the molecule is Cc1ccc(NCc2c(OCc3cccc(F)c3)ccc3ccccc23)cc1C. The zero-order valence-electron chi connectivity index (χ0n) is 16.7. The van der Waals surface area contributed by atoms with Gasteiger partial charge in [-0.15, -0.1) is 0 Å². The maximum Gasteiger partial charge on any atom is 0.125 e. The first kappa shape index (κ1) is 19.0. The van der Waals surface area contributed by atoms with Crippen molar-refractivity contribution in [2.75, 3.05) is 5.32 Å². The lowest BCUT2D eigenvalue weighted by Gasteiger charge is -2.16. The highest BCUT2D eigenvalue weighted by Gasteiger charge is 2.10. The number of benzene rings is 4. The summed E-state index contributed by atoms with van der Waals surface area (Å²) >= 11 is 0. The molecule has 2 nitrogen and oxygen atoms in total. The number of halogens is 1. The molecule has 0 bridgehead atoms. The highest BCUT2D eigenvalue weighted by molar-refractivity contribution is 5.88. The molecule has 3 heteroatoms. The quantitative estimate of drug-likeness (QED) is 0.395. The molecule has 0 saturated carbocycles. The molecule has 4 aromatic carbocycles. The number of hydrogen-bond acceptors (Lipinski definition) is 2. The average Bonchev–Trinajstić information content (AvgIpc) is 2.73. The van der Waals surface area contributed by atoms with E-state index in [2.05, 4.69) is 55.6 Å². The molecule has 146 valence electrons. The van der Waals surface area contributed by atoms with Crippen LogP contribution in [0.5, 0.6) is 5.75 Å². The van der Waals surface area contributed by atoms with Gasteiger partial charge in [0, 0.05) is 17.8 Å². The summed E-state index contributed by atoms with van der Waals surface area (Å²) in [6, 6.07) is 25.3. The summed E-state index contributed by atoms with van der Waals surface area (Å²) in [5.74, 6) is 0.561. The summed E-state index contributed by atoms with van der Waals surface area (Å²) in [6.45, 7) is 5.20. The van der Waals surface area contributed by atoms with Gasteiger partial charge in [-0.2, -0.15) is 0 Å². The molecular weight excluding hydrogens is 361 g/mol. The summed E-state index contributed by atoms with van der Waals surface area (Å²) in [7, 11) is 0. The standard InChI is InChI=1S/C26H24FNO/c1-18-10-12-23(14-19(18)2)28-16-25-24-9-4-3-7-21(24)11-13-26(25)29-17-20-6-5-8-22(27)15-20/h3-15,28H,16-17H2,1-2H3. The highest BCUT2D eigenvalue weighted by Crippen LogP contribution is 2.30. The van der Waals surface area contributed by atoms with E-state index in [4.69, 9.17) is 4.74 Å². The summed E-state index contributed by atoms with van der Waals surface area (Å²) in [5, 5.41) is 5.85. The van der Waals surface area contributed by atoms with Crippen LogP contribution in [0.1, 0.15) is 22.3 Å². The van der Waals surface area contributed by atoms with E-state index in [1.165, 1.54) is 28.6 Å². The summed E-state index contributed by atoms with van der Waals surface area (Å²) in [6.07, 6.45) is 0. The van der Waals surface area contributed by atoms with Crippen molar-refractivity contribution in [3.8, 4) is 5.75 Å². The minimum absolute atomic E-state index is 0.249. The zero-order valence-corrected chi connectivity index (χ0v) is 16.7. The van der Waals surface area contributed by atoms with Gasteiger partial charge in [0.05, 0.1) is 0 Å². The van der Waals surface area contributed by atoms with E-state index in [1.54, 1.807) is 6.07 Å². The van der Waals surface area contributed by atoms with Crippen LogP contribution in [-0.4, -0.2) is 0 Å². The van der Waals surface area contributed by atoms with Crippen molar-refractivity contribution in [3.63, 3.8) is 0 Å². The molecule has 0 saturated heterocycles. The van der Waals surface area contributed by atoms with Crippen LogP contribution in [-0.2, 0) is 13.2 Å². The van der Waals surface area contributed by atoms with Gasteiger partial charge in [-0.05, 0) is 71.6 Å². The Morgan fingerprint density at radius 1 is 0.828 bits per heavy atom. The Labute approximate surface area is 171 Å². The number of anilines is 1. The molecule has 29 heavy (non-hydrogen) atoms. The molecule has 0 radical (unpaired) electrons. The lowest BCUT2D eigenvalue weighted by molar-refractivity contribution is 0.303. The topological polar surface area (TPSA) is 21.3 Å². The largest absolute Gasteiger partial charge is 0.489 e. The molecule has 0 aliphatic carbocycles. The van der Waals surface area contributed by atoms with Crippen LogP contribution in [0.4, 0.5) is 10.1 Å². The lowest BCUT2D eigenvalue weighted by atomic mass is 10.0. The minimum atomic E-state index is -0.249. The van der Waals surface area contributed by atoms with Gasteiger partial charge in [0.2, 0.25) is 0 Å². The first-order valence-corrected chi connectivity index (χ1v) is 9.79. The first-order valence-electron chi connectivity index (χ1n) is 9.79. The maximum absolute atomic E-state index is 13.5. The molecule has 0 unspecified atom stereocenters. The first-order chi connectivity index (χ1) is 14.1. The molecule has 4 rings (SSSR count). The summed E-state index contributed by atoms with van der Waals surface area (Å²) < 4.78 is 19.6. The fourth-order valence-electron chi connectivity index (χ4n) is 3.46. The number of fused-ring (bicyclic) bond motifs is 1. The Bertz CT molecular complexity index is 1150. The second kappa shape index (κ2) is 8.36. The maximum atomic E-state index is 13.5. The molecule has 0 amide bonds. The van der Waals surface area contributed by atoms with Crippen LogP contribution in [0, 0.1) is 19.7 Å². The Kier molecular flexibility index (Phi) is 5.48. The highest BCUT2D eigenvalue weighted by atomic mass is 19.1. The Morgan fingerprint density at radius 2 is 1.69 bits per heavy atom. The Morgan fingerprint density at radius 3 is 2.52 bits per heavy atom. The van der Waals surface area contributed by atoms with Crippen LogP contribution in [0.3, 0.4) is 0 Å². The van der Waals surface area contributed by atoms with Crippen molar-refractivity contribution < 1.29 is 9.13 Å². The molecule has 0 fully saturated rings. The van der Waals surface area contributed by atoms with Crippen LogP contribution in [0.2, 0.25) is 0 Å². The van der Waals surface area contributed by atoms with Crippen molar-refractivity contribution in [2.45, 2.75) is 27.0 Å². The van der Waals surface area contributed by atoms with Gasteiger partial charge >= 0.3 is 0 Å². The van der Waals surface area contributed by atoms with E-state index in [-0.39, 0.29) is 5.82 Å². The second-order valence-electron chi connectivity index (χ2n) is 7.33. The van der Waals surface area contributed by atoms with Crippen molar-refractivity contribution in [2.24, 2.45) is 0 Å². The van der Waals surface area contributed by atoms with Crippen LogP contribution in [0.15, 0.2) is 78.9 Å². The van der Waals surface area contributed by atoms with E-state index in [0.717, 1.165) is 28.0 Å². The van der Waals surface area contributed by atoms with Crippen LogP contribution in [0.25, 0.3) is 10.8 Å². The number of ether oxygens (including phenoxy) is 1. The van der Waals surface area contributed by atoms with Crippen molar-refractivity contribution in [3.05, 3.63) is 107 Å². The molecule has 1 N–H and O–H groups in total. The van der Waals surface area contributed by atoms with Gasteiger partial charge in [-0.3, -0.25) is 0 Å². The summed E-state index contributed by atoms with van der Waals surface area (Å²) in [5.41, 5.74) is 5.52. The van der Waals surface area contributed by atoms with Crippen LogP contribution < -0.4 is 10.1 Å². The van der Waals surface area contributed by atoms with E-state index < -0.39 is 0 Å². The van der Waals surface area contributed by atoms with Crippen molar-refractivity contribution in [1.29, 1.82) is 0 Å². The van der Waals surface area contributed by atoms with E-state index in [0.29, 0.717) is 13.2 Å². The third-order valence-corrected chi connectivity index (χ3v) is 5.26. The molecule has 4 aromatic rings. The van der Waals surface area contributed by atoms with Crippen LogP contribution >= 0.6 is 0 Å². The fourth-order valence-corrected chi connectivity index (χ4v) is 3.46. The van der Waals surface area contributed by atoms with Crippen molar-refractivity contribution in [1.82, 2.24) is 0 Å². The number of hydrogen-bond donors (Lipinski definition) is 1. The summed E-state index contributed by atoms with van der Waals surface area (Å²) in [4.78, 5) is 0. The second-order valence-corrected chi connectivity index (χ2v) is 7.33. The van der Waals surface area contributed by atoms with E-state index in [1.807, 2.05) is 24.3 Å². The van der Waals surface area contributed by atoms with Gasteiger partial charge in [0.1, 0.15) is 18.2 Å². The van der Waals surface area contributed by atoms with Gasteiger partial charge < -0.3 is 10.1 Å². The van der Waals surface area contributed by atoms with Gasteiger partial charge in [0.15, 0.2) is 0 Å². The Hall–Kier alpha value is -3.33. The fraction of sp³-hybridized carbons (Fsp3) is 0.154.